The van der Waals surface area contributed by atoms with E-state index in [0.29, 0.717) is 0 Å². The molecule has 1 aromatic rings. The first-order valence-corrected chi connectivity index (χ1v) is 8.11. The number of likely N-dealkylation sites (N-methyl/N-ethyl adjacent to an activating group) is 1. The van der Waals surface area contributed by atoms with Crippen LogP contribution < -0.4 is 5.32 Å². The van der Waals surface area contributed by atoms with Crippen LogP contribution in [0.2, 0.25) is 0 Å². The predicted octanol–water partition coefficient (Wildman–Crippen LogP) is 3.50. The van der Waals surface area contributed by atoms with Crippen molar-refractivity contribution in [2.24, 2.45) is 0 Å². The van der Waals surface area contributed by atoms with E-state index in [9.17, 15) is 5.11 Å². The Bertz CT molecular complexity index is 473. The standard InChI is InChI=1S/C13H16Cl3NOS/c1-12(18,11(17-2)13(14,15)16)9-4-3-8-5-6-19-10(8)7-9/h3-4,7,11,17-18H,5-6H2,1-2H3. The fourth-order valence-corrected chi connectivity index (χ4v) is 4.48. The van der Waals surface area contributed by atoms with Gasteiger partial charge in [0.1, 0.15) is 5.60 Å². The van der Waals surface area contributed by atoms with Crippen molar-refractivity contribution in [2.45, 2.75) is 33.7 Å². The van der Waals surface area contributed by atoms with Gasteiger partial charge < -0.3 is 10.4 Å². The number of thioether (sulfide) groups is 1. The van der Waals surface area contributed by atoms with Gasteiger partial charge in [-0.25, -0.2) is 0 Å². The molecule has 0 aromatic heterocycles. The summed E-state index contributed by atoms with van der Waals surface area (Å²) in [6.07, 6.45) is 1.07. The molecule has 0 aliphatic carbocycles. The monoisotopic (exact) mass is 339 g/mol. The number of benzene rings is 1. The van der Waals surface area contributed by atoms with E-state index in [2.05, 4.69) is 5.32 Å². The molecule has 106 valence electrons. The lowest BCUT2D eigenvalue weighted by molar-refractivity contribution is 0.0188. The molecular weight excluding hydrogens is 325 g/mol. The number of aliphatic hydroxyl groups is 1. The average Bonchev–Trinajstić information content (AvgIpc) is 2.73. The molecule has 0 spiro atoms. The van der Waals surface area contributed by atoms with Crippen molar-refractivity contribution in [2.75, 3.05) is 12.8 Å². The van der Waals surface area contributed by atoms with E-state index in [0.717, 1.165) is 17.7 Å². The molecule has 6 heteroatoms. The molecule has 0 saturated carbocycles. The molecule has 1 aromatic carbocycles. The summed E-state index contributed by atoms with van der Waals surface area (Å²) in [5, 5.41) is 13.7. The third kappa shape index (κ3) is 3.17. The van der Waals surface area contributed by atoms with Crippen LogP contribution in [0.1, 0.15) is 18.1 Å². The molecule has 2 rings (SSSR count). The smallest absolute Gasteiger partial charge is 0.208 e. The van der Waals surface area contributed by atoms with E-state index < -0.39 is 15.4 Å². The van der Waals surface area contributed by atoms with Crippen LogP contribution in [0.3, 0.4) is 0 Å². The fourth-order valence-electron chi connectivity index (χ4n) is 2.41. The van der Waals surface area contributed by atoms with Crippen LogP contribution in [0.15, 0.2) is 23.1 Å². The Kier molecular flexibility index (Phi) is 4.66. The number of rotatable bonds is 3. The van der Waals surface area contributed by atoms with Crippen LogP contribution in [0.5, 0.6) is 0 Å². The summed E-state index contributed by atoms with van der Waals surface area (Å²) in [4.78, 5) is 1.21. The van der Waals surface area contributed by atoms with Crippen molar-refractivity contribution in [1.29, 1.82) is 0 Å². The molecule has 19 heavy (non-hydrogen) atoms. The zero-order chi connectivity index (χ0) is 14.3. The predicted molar refractivity (Wildman–Crippen MR) is 83.6 cm³/mol. The van der Waals surface area contributed by atoms with Gasteiger partial charge in [0.15, 0.2) is 0 Å². The minimum absolute atomic E-state index is 0.700. The van der Waals surface area contributed by atoms with Gasteiger partial charge in [-0.05, 0) is 37.6 Å². The van der Waals surface area contributed by atoms with Gasteiger partial charge in [-0.2, -0.15) is 0 Å². The molecule has 1 aliphatic rings. The van der Waals surface area contributed by atoms with Gasteiger partial charge in [0, 0.05) is 10.6 Å². The number of aryl methyl sites for hydroxylation is 1. The first-order chi connectivity index (χ1) is 8.76. The largest absolute Gasteiger partial charge is 0.384 e. The molecule has 0 saturated heterocycles. The highest BCUT2D eigenvalue weighted by Crippen LogP contribution is 2.42. The molecule has 1 aliphatic heterocycles. The van der Waals surface area contributed by atoms with Gasteiger partial charge in [0.25, 0.3) is 0 Å². The van der Waals surface area contributed by atoms with Crippen LogP contribution in [0.25, 0.3) is 0 Å². The van der Waals surface area contributed by atoms with E-state index in [1.54, 1.807) is 25.7 Å². The second-order valence-corrected chi connectivity index (χ2v) is 8.34. The first kappa shape index (κ1) is 15.7. The van der Waals surface area contributed by atoms with E-state index in [-0.39, 0.29) is 0 Å². The highest BCUT2D eigenvalue weighted by atomic mass is 35.6. The summed E-state index contributed by atoms with van der Waals surface area (Å²) >= 11 is 19.7. The van der Waals surface area contributed by atoms with Gasteiger partial charge in [0.05, 0.1) is 6.04 Å². The Morgan fingerprint density at radius 1 is 1.37 bits per heavy atom. The molecule has 2 nitrogen and oxygen atoms in total. The van der Waals surface area contributed by atoms with Crippen molar-refractivity contribution < 1.29 is 5.11 Å². The van der Waals surface area contributed by atoms with Gasteiger partial charge in [-0.15, -0.1) is 11.8 Å². The van der Waals surface area contributed by atoms with Crippen LogP contribution in [-0.2, 0) is 12.0 Å². The Labute approximate surface area is 132 Å². The van der Waals surface area contributed by atoms with Gasteiger partial charge >= 0.3 is 0 Å². The van der Waals surface area contributed by atoms with E-state index in [4.69, 9.17) is 34.8 Å². The molecule has 0 fully saturated rings. The Hall–Kier alpha value is 0.360. The second kappa shape index (κ2) is 5.63. The minimum Gasteiger partial charge on any atom is -0.384 e. The maximum absolute atomic E-state index is 10.8. The molecule has 2 unspecified atom stereocenters. The lowest BCUT2D eigenvalue weighted by Gasteiger charge is -2.37. The van der Waals surface area contributed by atoms with Crippen LogP contribution in [0.4, 0.5) is 0 Å². The maximum Gasteiger partial charge on any atom is 0.208 e. The Morgan fingerprint density at radius 3 is 2.63 bits per heavy atom. The third-order valence-electron chi connectivity index (χ3n) is 3.46. The van der Waals surface area contributed by atoms with E-state index >= 15 is 0 Å². The highest BCUT2D eigenvalue weighted by molar-refractivity contribution is 7.99. The molecule has 0 amide bonds. The number of halogens is 3. The summed E-state index contributed by atoms with van der Waals surface area (Å²) in [6.45, 7) is 1.66. The van der Waals surface area contributed by atoms with Crippen molar-refractivity contribution in [3.63, 3.8) is 0 Å². The number of hydrogen-bond donors (Lipinski definition) is 2. The SMILES string of the molecule is CNC(C(Cl)(Cl)Cl)C(C)(O)c1ccc2c(c1)SCC2. The zero-order valence-corrected chi connectivity index (χ0v) is 13.8. The van der Waals surface area contributed by atoms with Crippen LogP contribution >= 0.6 is 46.6 Å². The van der Waals surface area contributed by atoms with Gasteiger partial charge in [-0.3, -0.25) is 0 Å². The van der Waals surface area contributed by atoms with Crippen molar-refractivity contribution in [3.8, 4) is 0 Å². The normalized spacial score (nSPS) is 19.9. The average molecular weight is 341 g/mol. The molecular formula is C13H16Cl3NOS. The molecule has 2 atom stereocenters. The Balaban J connectivity index is 2.38. The summed E-state index contributed by atoms with van der Waals surface area (Å²) in [6, 6.07) is 5.25. The van der Waals surface area contributed by atoms with Crippen molar-refractivity contribution in [3.05, 3.63) is 29.3 Å². The topological polar surface area (TPSA) is 32.3 Å². The summed E-state index contributed by atoms with van der Waals surface area (Å²) in [5.41, 5.74) is 0.809. The van der Waals surface area contributed by atoms with E-state index in [1.165, 1.54) is 10.5 Å². The molecule has 2 N–H and O–H groups in total. The maximum atomic E-state index is 10.8. The van der Waals surface area contributed by atoms with Crippen molar-refractivity contribution >= 4 is 46.6 Å². The lowest BCUT2D eigenvalue weighted by Crippen LogP contribution is -2.53. The molecule has 0 radical (unpaired) electrons. The number of nitrogens with one attached hydrogen (secondary N) is 1. The number of hydrogen-bond acceptors (Lipinski definition) is 3. The minimum atomic E-state index is -1.59. The number of fused-ring (bicyclic) bond motifs is 1. The first-order valence-electron chi connectivity index (χ1n) is 5.99. The molecule has 0 bridgehead atoms. The van der Waals surface area contributed by atoms with Gasteiger partial charge in [0.2, 0.25) is 3.79 Å². The highest BCUT2D eigenvalue weighted by Gasteiger charge is 2.45. The lowest BCUT2D eigenvalue weighted by atomic mass is 9.88. The van der Waals surface area contributed by atoms with Crippen LogP contribution in [0, 0.1) is 0 Å². The van der Waals surface area contributed by atoms with E-state index in [1.807, 2.05) is 18.2 Å². The second-order valence-electron chi connectivity index (χ2n) is 4.83. The molecule has 1 heterocycles. The summed E-state index contributed by atoms with van der Waals surface area (Å²) in [5.74, 6) is 1.08. The van der Waals surface area contributed by atoms with Crippen molar-refractivity contribution in [1.82, 2.24) is 5.32 Å². The third-order valence-corrected chi connectivity index (χ3v) is 5.21. The van der Waals surface area contributed by atoms with Gasteiger partial charge in [-0.1, -0.05) is 46.9 Å². The quantitative estimate of drug-likeness (QED) is 0.826. The fraction of sp³-hybridized carbons (Fsp3) is 0.538. The van der Waals surface area contributed by atoms with Crippen LogP contribution in [-0.4, -0.2) is 27.7 Å². The summed E-state index contributed by atoms with van der Waals surface area (Å²) < 4.78 is -1.59. The zero-order valence-electron chi connectivity index (χ0n) is 10.7. The Morgan fingerprint density at radius 2 is 2.05 bits per heavy atom. The number of alkyl halides is 3. The summed E-state index contributed by atoms with van der Waals surface area (Å²) in [7, 11) is 1.67.